The Morgan fingerprint density at radius 1 is 1.02 bits per heavy atom. The van der Waals surface area contributed by atoms with Crippen LogP contribution in [-0.2, 0) is 20.7 Å². The molecule has 2 bridgehead atoms. The second-order valence-electron chi connectivity index (χ2n) is 15.6. The Morgan fingerprint density at radius 3 is 2.50 bits per heavy atom. The number of aromatic nitrogens is 2. The molecule has 2 saturated carbocycles. The molecule has 6 rings (SSSR count). The number of alkyl halides is 2. The summed E-state index contributed by atoms with van der Waals surface area (Å²) in [4.78, 5) is 52.7. The number of aryl methyl sites for hydroxylation is 1. The minimum Gasteiger partial charge on any atom is -0.471 e. The normalized spacial score (nSPS) is 31.2. The highest BCUT2D eigenvalue weighted by Crippen LogP contribution is 2.57. The number of hydrogen-bond acceptors (Lipinski definition) is 8. The summed E-state index contributed by atoms with van der Waals surface area (Å²) < 4.78 is 43.2. The molecule has 0 spiro atoms. The molecule has 8 unspecified atom stereocenters. The van der Waals surface area contributed by atoms with Crippen LogP contribution in [0.2, 0.25) is 0 Å². The number of benzene rings is 1. The lowest BCUT2D eigenvalue weighted by Crippen LogP contribution is -2.58. The van der Waals surface area contributed by atoms with Crippen molar-refractivity contribution in [3.8, 4) is 11.6 Å². The van der Waals surface area contributed by atoms with E-state index in [9.17, 15) is 23.2 Å². The van der Waals surface area contributed by atoms with Crippen molar-refractivity contribution >= 4 is 28.8 Å². The molecular weight excluding hydrogens is 622 g/mol. The summed E-state index contributed by atoms with van der Waals surface area (Å²) in [6.07, 6.45) is 4.89. The van der Waals surface area contributed by atoms with E-state index in [-0.39, 0.29) is 41.9 Å². The average Bonchev–Trinajstić information content (AvgIpc) is 3.58. The van der Waals surface area contributed by atoms with Crippen LogP contribution in [-0.4, -0.2) is 70.1 Å². The van der Waals surface area contributed by atoms with Crippen molar-refractivity contribution in [1.82, 2.24) is 20.2 Å². The van der Waals surface area contributed by atoms with Gasteiger partial charge in [0.15, 0.2) is 5.78 Å². The molecule has 1 saturated heterocycles. The number of hydrogen-bond donors (Lipinski definition) is 1. The van der Waals surface area contributed by atoms with Crippen molar-refractivity contribution < 1.29 is 37.4 Å². The van der Waals surface area contributed by atoms with Gasteiger partial charge in [-0.15, -0.1) is 0 Å². The van der Waals surface area contributed by atoms with Crippen LogP contribution >= 0.6 is 0 Å². The van der Waals surface area contributed by atoms with Crippen LogP contribution in [0.25, 0.3) is 11.0 Å². The Labute approximate surface area is 280 Å². The van der Waals surface area contributed by atoms with Crippen LogP contribution in [0, 0.1) is 35.0 Å². The molecule has 1 aromatic carbocycles. The predicted octanol–water partition coefficient (Wildman–Crippen LogP) is 6.33. The Hall–Kier alpha value is -3.57. The van der Waals surface area contributed by atoms with Crippen LogP contribution < -0.4 is 14.8 Å². The zero-order valence-corrected chi connectivity index (χ0v) is 28.7. The van der Waals surface area contributed by atoms with Gasteiger partial charge in [-0.2, -0.15) is 8.78 Å². The number of Topliss-reactive ketones (excluding diaryl/α,β-unsaturated/α-hetero) is 1. The van der Waals surface area contributed by atoms with Crippen molar-refractivity contribution in [2.75, 3.05) is 6.54 Å². The second-order valence-corrected chi connectivity index (χ2v) is 15.6. The molecule has 262 valence electrons. The lowest BCUT2D eigenvalue weighted by Gasteiger charge is -2.36. The average molecular weight is 671 g/mol. The maximum Gasteiger partial charge on any atom is 0.408 e. The molecule has 3 fully saturated rings. The summed E-state index contributed by atoms with van der Waals surface area (Å²) in [5.74, 6) is 0.430. The molecule has 8 atom stereocenters. The van der Waals surface area contributed by atoms with Gasteiger partial charge in [-0.1, -0.05) is 54.4 Å². The van der Waals surface area contributed by atoms with Gasteiger partial charge in [-0.25, -0.2) is 14.8 Å². The van der Waals surface area contributed by atoms with Crippen molar-refractivity contribution in [1.29, 1.82) is 0 Å². The van der Waals surface area contributed by atoms with E-state index in [1.54, 1.807) is 24.8 Å². The first kappa shape index (κ1) is 34.3. The van der Waals surface area contributed by atoms with Gasteiger partial charge in [-0.3, -0.25) is 9.59 Å². The summed E-state index contributed by atoms with van der Waals surface area (Å²) >= 11 is 0. The van der Waals surface area contributed by atoms with Gasteiger partial charge in [0.05, 0.1) is 23.6 Å². The van der Waals surface area contributed by atoms with Crippen LogP contribution in [0.5, 0.6) is 11.6 Å². The largest absolute Gasteiger partial charge is 0.471 e. The molecule has 2 aromatic rings. The first-order valence-electron chi connectivity index (χ1n) is 17.4. The molecule has 2 amide bonds. The van der Waals surface area contributed by atoms with Crippen LogP contribution in [0.15, 0.2) is 18.2 Å². The van der Waals surface area contributed by atoms with Gasteiger partial charge in [0, 0.05) is 17.9 Å². The number of carbonyl (C=O) groups is 3. The zero-order valence-electron chi connectivity index (χ0n) is 28.7. The molecule has 2 aliphatic heterocycles. The Kier molecular flexibility index (Phi) is 9.56. The fraction of sp³-hybridized carbons (Fsp3) is 0.694. The third-order valence-electron chi connectivity index (χ3n) is 10.7. The van der Waals surface area contributed by atoms with Crippen molar-refractivity contribution in [2.24, 2.45) is 35.0 Å². The molecule has 4 aliphatic rings. The highest BCUT2D eigenvalue weighted by molar-refractivity contribution is 5.94. The number of rotatable bonds is 4. The summed E-state index contributed by atoms with van der Waals surface area (Å²) in [5, 5.41) is 2.90. The number of nitrogens with zero attached hydrogens (tertiary/aromatic N) is 3. The van der Waals surface area contributed by atoms with Gasteiger partial charge in [-0.05, 0) is 67.4 Å². The summed E-state index contributed by atoms with van der Waals surface area (Å²) in [6.45, 7) is 8.24. The molecule has 3 heterocycles. The third kappa shape index (κ3) is 7.08. The Bertz CT molecular complexity index is 1550. The maximum atomic E-state index is 14.4. The fourth-order valence-corrected chi connectivity index (χ4v) is 8.02. The van der Waals surface area contributed by atoms with E-state index in [1.807, 2.05) is 27.7 Å². The van der Waals surface area contributed by atoms with Crippen molar-refractivity contribution in [3.63, 3.8) is 0 Å². The van der Waals surface area contributed by atoms with Crippen LogP contribution in [0.1, 0.15) is 85.8 Å². The highest BCUT2D eigenvalue weighted by Gasteiger charge is 2.55. The molecular formula is C36H48F2N4O6. The van der Waals surface area contributed by atoms with Crippen LogP contribution in [0.4, 0.5) is 13.6 Å². The van der Waals surface area contributed by atoms with Gasteiger partial charge >= 0.3 is 12.7 Å². The fourth-order valence-electron chi connectivity index (χ4n) is 8.02. The number of halogens is 2. The quantitative estimate of drug-likeness (QED) is 0.401. The third-order valence-corrected chi connectivity index (χ3v) is 10.7. The number of amides is 2. The Morgan fingerprint density at radius 2 is 1.79 bits per heavy atom. The van der Waals surface area contributed by atoms with Gasteiger partial charge in [0.25, 0.3) is 0 Å². The zero-order chi connectivity index (χ0) is 34.5. The van der Waals surface area contributed by atoms with Gasteiger partial charge < -0.3 is 24.4 Å². The molecule has 2 aliphatic carbocycles. The second kappa shape index (κ2) is 13.4. The molecule has 48 heavy (non-hydrogen) atoms. The maximum absolute atomic E-state index is 14.4. The number of alkyl carbamates (subject to hydrolysis) is 1. The predicted molar refractivity (Wildman–Crippen MR) is 174 cm³/mol. The van der Waals surface area contributed by atoms with Gasteiger partial charge in [0.2, 0.25) is 11.8 Å². The standard InChI is InChI=1S/C36H48F2N4O6/c1-18(2)30(43)29-19(3)28-17-42(29)33(44)31(36(4,5)6)41-35(45)48-27-15-20-14-23(20)22(27)10-8-7-9-11-25-32(47-28)40-26-16-21(46-34(37)38)12-13-24(26)39-25/h12-13,16,18-20,22-23,27-29,31,34H,7-11,14-15,17H2,1-6H3,(H,41,45). The van der Waals surface area contributed by atoms with Crippen molar-refractivity contribution in [2.45, 2.75) is 117 Å². The number of ether oxygens (including phenoxy) is 3. The van der Waals surface area contributed by atoms with E-state index < -0.39 is 42.2 Å². The Balaban J connectivity index is 1.38. The summed E-state index contributed by atoms with van der Waals surface area (Å²) in [7, 11) is 0. The van der Waals surface area contributed by atoms with E-state index >= 15 is 0 Å². The number of ketones is 1. The lowest BCUT2D eigenvalue weighted by molar-refractivity contribution is -0.143. The van der Waals surface area contributed by atoms with Crippen molar-refractivity contribution in [3.05, 3.63) is 23.9 Å². The number of carbonyl (C=O) groups excluding carboxylic acids is 3. The monoisotopic (exact) mass is 670 g/mol. The summed E-state index contributed by atoms with van der Waals surface area (Å²) in [6, 6.07) is 2.72. The summed E-state index contributed by atoms with van der Waals surface area (Å²) in [5.41, 5.74) is 0.819. The van der Waals surface area contributed by atoms with E-state index in [0.717, 1.165) is 32.1 Å². The topological polar surface area (TPSA) is 120 Å². The first-order valence-corrected chi connectivity index (χ1v) is 17.4. The minimum atomic E-state index is -2.98. The lowest BCUT2D eigenvalue weighted by atomic mass is 9.85. The molecule has 1 aromatic heterocycles. The number of fused-ring (bicyclic) bond motifs is 7. The molecule has 12 heteroatoms. The van der Waals surface area contributed by atoms with Crippen LogP contribution in [0.3, 0.4) is 0 Å². The van der Waals surface area contributed by atoms with E-state index in [2.05, 4.69) is 10.1 Å². The van der Waals surface area contributed by atoms with E-state index in [0.29, 0.717) is 40.9 Å². The number of nitrogens with one attached hydrogen (secondary N) is 1. The minimum absolute atomic E-state index is 0.0390. The molecule has 1 N–H and O–H groups in total. The smallest absolute Gasteiger partial charge is 0.408 e. The molecule has 0 radical (unpaired) electrons. The first-order chi connectivity index (χ1) is 22.7. The highest BCUT2D eigenvalue weighted by atomic mass is 19.3. The molecule has 10 nitrogen and oxygen atoms in total. The SMILES string of the molecule is CC(C)C(=O)C1C(C)C2CN1C(=O)C(C(C)(C)C)NC(=O)OC1CC3CC3C1CCCCCc1nc3ccc(OC(F)F)cc3nc1O2. The van der Waals surface area contributed by atoms with Gasteiger partial charge in [0.1, 0.15) is 29.7 Å². The van der Waals surface area contributed by atoms with E-state index in [4.69, 9.17) is 19.4 Å². The van der Waals surface area contributed by atoms with E-state index in [1.165, 1.54) is 18.6 Å².